The second-order valence-corrected chi connectivity index (χ2v) is 4.99. The lowest BCUT2D eigenvalue weighted by Gasteiger charge is -2.24. The number of nitrogens with zero attached hydrogens (tertiary/aromatic N) is 1. The highest BCUT2D eigenvalue weighted by Crippen LogP contribution is 2.41. The van der Waals surface area contributed by atoms with Gasteiger partial charge in [0, 0.05) is 0 Å². The van der Waals surface area contributed by atoms with Gasteiger partial charge in [-0.05, 0) is 6.92 Å². The van der Waals surface area contributed by atoms with E-state index in [1.165, 1.54) is 6.92 Å². The molecule has 23 heavy (non-hydrogen) atoms. The molecule has 0 bridgehead atoms. The van der Waals surface area contributed by atoms with Crippen molar-refractivity contribution in [2.45, 2.75) is 37.1 Å². The maximum Gasteiger partial charge on any atom is 0.330 e. The first-order valence-electron chi connectivity index (χ1n) is 6.49. The summed E-state index contributed by atoms with van der Waals surface area (Å²) >= 11 is 0. The molecule has 0 aliphatic carbocycles. The zero-order valence-corrected chi connectivity index (χ0v) is 11.8. The number of rotatable bonds is 2. The van der Waals surface area contributed by atoms with Crippen LogP contribution in [0.4, 0.5) is 13.2 Å². The first kappa shape index (κ1) is 17.3. The summed E-state index contributed by atoms with van der Waals surface area (Å²) < 4.78 is 46.1. The van der Waals surface area contributed by atoms with Gasteiger partial charge < -0.3 is 14.9 Å². The van der Waals surface area contributed by atoms with Crippen molar-refractivity contribution < 1.29 is 28.1 Å². The zero-order valence-electron chi connectivity index (χ0n) is 11.8. The van der Waals surface area contributed by atoms with Gasteiger partial charge in [-0.2, -0.15) is 4.39 Å². The molecule has 1 aliphatic heterocycles. The van der Waals surface area contributed by atoms with Crippen molar-refractivity contribution in [3.05, 3.63) is 32.9 Å². The second kappa shape index (κ2) is 6.19. The largest absolute Gasteiger partial charge is 0.391 e. The van der Waals surface area contributed by atoms with Crippen LogP contribution in [0.5, 0.6) is 0 Å². The predicted molar refractivity (Wildman–Crippen MR) is 70.5 cm³/mol. The molecule has 0 amide bonds. The minimum atomic E-state index is -3.00. The zero-order chi connectivity index (χ0) is 17.4. The van der Waals surface area contributed by atoms with E-state index in [4.69, 9.17) is 4.74 Å². The van der Waals surface area contributed by atoms with Crippen molar-refractivity contribution in [1.29, 1.82) is 0 Å². The predicted octanol–water partition coefficient (Wildman–Crippen LogP) is -1.00. The van der Waals surface area contributed by atoms with Crippen LogP contribution in [0, 0.1) is 17.7 Å². The number of hydrogen-bond donors (Lipinski definition) is 3. The Morgan fingerprint density at radius 1 is 1.57 bits per heavy atom. The van der Waals surface area contributed by atoms with E-state index in [0.29, 0.717) is 10.8 Å². The Bertz CT molecular complexity index is 765. The van der Waals surface area contributed by atoms with Crippen LogP contribution in [-0.2, 0) is 4.74 Å². The van der Waals surface area contributed by atoms with Gasteiger partial charge in [0.25, 0.3) is 5.56 Å². The Morgan fingerprint density at radius 3 is 2.78 bits per heavy atom. The van der Waals surface area contributed by atoms with E-state index < -0.39 is 53.9 Å². The molecule has 3 N–H and O–H groups in total. The monoisotopic (exact) mass is 334 g/mol. The Morgan fingerprint density at radius 2 is 2.22 bits per heavy atom. The Kier molecular flexibility index (Phi) is 4.65. The van der Waals surface area contributed by atoms with Crippen molar-refractivity contribution in [1.82, 2.24) is 9.55 Å². The fourth-order valence-corrected chi connectivity index (χ4v) is 2.29. The number of aromatic nitrogens is 2. The van der Waals surface area contributed by atoms with Crippen molar-refractivity contribution in [2.75, 3.05) is 6.67 Å². The van der Waals surface area contributed by atoms with Crippen LogP contribution in [0.15, 0.2) is 15.8 Å². The first-order valence-corrected chi connectivity index (χ1v) is 6.49. The van der Waals surface area contributed by atoms with Crippen molar-refractivity contribution in [2.24, 2.45) is 0 Å². The van der Waals surface area contributed by atoms with Crippen molar-refractivity contribution in [3.63, 3.8) is 0 Å². The minimum Gasteiger partial charge on any atom is -0.391 e. The molecule has 0 saturated carbocycles. The molecule has 126 valence electrons. The normalized spacial score (nSPS) is 31.5. The van der Waals surface area contributed by atoms with Crippen LogP contribution in [0.25, 0.3) is 0 Å². The number of aliphatic hydroxyl groups excluding tert-OH is 2. The Labute approximate surface area is 127 Å². The highest BCUT2D eigenvalue weighted by molar-refractivity contribution is 5.24. The molecule has 1 fully saturated rings. The van der Waals surface area contributed by atoms with Gasteiger partial charge in [0.1, 0.15) is 18.9 Å². The number of hydrogen-bond acceptors (Lipinski definition) is 5. The molecule has 1 aliphatic rings. The van der Waals surface area contributed by atoms with Crippen LogP contribution < -0.4 is 11.2 Å². The molecular formula is C13H13F3N2O5. The quantitative estimate of drug-likeness (QED) is 0.602. The minimum absolute atomic E-state index is 0.343. The number of H-pyrrole nitrogens is 1. The van der Waals surface area contributed by atoms with Crippen LogP contribution in [0.1, 0.15) is 13.2 Å². The molecule has 2 heterocycles. The number of halogens is 3. The van der Waals surface area contributed by atoms with Gasteiger partial charge in [0.15, 0.2) is 6.23 Å². The topological polar surface area (TPSA) is 105 Å². The van der Waals surface area contributed by atoms with Crippen LogP contribution in [0.3, 0.4) is 0 Å². The molecule has 0 aromatic carbocycles. The van der Waals surface area contributed by atoms with Gasteiger partial charge in [0.2, 0.25) is 11.5 Å². The van der Waals surface area contributed by atoms with E-state index in [1.807, 2.05) is 0 Å². The lowest BCUT2D eigenvalue weighted by molar-refractivity contribution is -0.0806. The highest BCUT2D eigenvalue weighted by Gasteiger charge is 2.59. The third-order valence-corrected chi connectivity index (χ3v) is 3.39. The number of aromatic amines is 1. The Balaban J connectivity index is 2.61. The van der Waals surface area contributed by atoms with E-state index in [0.717, 1.165) is 0 Å². The van der Waals surface area contributed by atoms with Gasteiger partial charge in [-0.3, -0.25) is 14.3 Å². The maximum absolute atomic E-state index is 15.1. The van der Waals surface area contributed by atoms with E-state index in [-0.39, 0.29) is 0 Å². The number of ether oxygens (including phenoxy) is 1. The molecule has 0 radical (unpaired) electrons. The van der Waals surface area contributed by atoms with Crippen molar-refractivity contribution in [3.8, 4) is 11.8 Å². The summed E-state index contributed by atoms with van der Waals surface area (Å²) in [6.45, 7) is -0.0468. The van der Waals surface area contributed by atoms with Crippen LogP contribution in [-0.4, -0.2) is 50.4 Å². The average Bonchev–Trinajstić information content (AvgIpc) is 2.74. The molecule has 10 heteroatoms. The van der Waals surface area contributed by atoms with Crippen LogP contribution in [0.2, 0.25) is 0 Å². The smallest absolute Gasteiger partial charge is 0.330 e. The van der Waals surface area contributed by atoms with E-state index >= 15 is 4.39 Å². The summed E-state index contributed by atoms with van der Waals surface area (Å²) in [5.41, 5.74) is -5.54. The summed E-state index contributed by atoms with van der Waals surface area (Å²) in [5, 5.41) is 19.5. The number of aliphatic hydroxyl groups is 2. The van der Waals surface area contributed by atoms with E-state index in [1.54, 1.807) is 16.8 Å². The molecule has 1 aromatic rings. The molecule has 1 saturated heterocycles. The molecule has 7 nitrogen and oxygen atoms in total. The fourth-order valence-electron chi connectivity index (χ4n) is 2.29. The van der Waals surface area contributed by atoms with Crippen molar-refractivity contribution >= 4 is 0 Å². The number of alkyl halides is 2. The van der Waals surface area contributed by atoms with Gasteiger partial charge in [-0.25, -0.2) is 13.6 Å². The highest BCUT2D eigenvalue weighted by atomic mass is 19.1. The van der Waals surface area contributed by atoms with Crippen LogP contribution >= 0.6 is 0 Å². The van der Waals surface area contributed by atoms with Gasteiger partial charge in [0.05, 0.1) is 12.3 Å². The Hall–Kier alpha value is -2.09. The summed E-state index contributed by atoms with van der Waals surface area (Å²) in [6, 6.07) is 0. The van der Waals surface area contributed by atoms with E-state index in [9.17, 15) is 28.6 Å². The third kappa shape index (κ3) is 2.90. The summed E-state index contributed by atoms with van der Waals surface area (Å²) in [5.74, 6) is 2.17. The molecule has 5 atom stereocenters. The summed E-state index contributed by atoms with van der Waals surface area (Å²) in [7, 11) is 0. The fraction of sp³-hybridized carbons (Fsp3) is 0.538. The number of nitrogens with one attached hydrogen (secondary N) is 1. The molecule has 2 rings (SSSR count). The first-order chi connectivity index (χ1) is 10.7. The summed E-state index contributed by atoms with van der Waals surface area (Å²) in [6.07, 6.45) is -6.50. The summed E-state index contributed by atoms with van der Waals surface area (Å²) in [4.78, 5) is 24.4. The lowest BCUT2D eigenvalue weighted by Crippen LogP contribution is -2.46. The van der Waals surface area contributed by atoms with Gasteiger partial charge in [-0.15, -0.1) is 0 Å². The molecule has 0 spiro atoms. The molecule has 1 aromatic heterocycles. The van der Waals surface area contributed by atoms with E-state index in [2.05, 4.69) is 0 Å². The molecule has 1 unspecified atom stereocenters. The van der Waals surface area contributed by atoms with Gasteiger partial charge in [-0.1, -0.05) is 11.8 Å². The average molecular weight is 334 g/mol. The maximum atomic E-state index is 15.1. The second-order valence-electron chi connectivity index (χ2n) is 4.99. The van der Waals surface area contributed by atoms with Gasteiger partial charge >= 0.3 is 5.69 Å². The lowest BCUT2D eigenvalue weighted by atomic mass is 9.94. The third-order valence-electron chi connectivity index (χ3n) is 3.39. The SMILES string of the molecule is C[C@@H](O)[C@H]1O[C@@H](n2cc(F)c(=O)[nH]c2=O)C(F)(C#CCF)[C@H]1O. The molecular weight excluding hydrogens is 321 g/mol. The standard InChI is InChI=1S/C13H13F3N2O5/c1-6(19)8-9(20)13(16,3-2-4-14)11(23-8)18-5-7(15)10(21)17-12(18)22/h5-6,8-9,11,19-20H,4H2,1H3,(H,17,21,22)/t6-,8-,9+,11-,13?/m1/s1.